The Kier molecular flexibility index (Phi) is 5.69. The van der Waals surface area contributed by atoms with Gasteiger partial charge in [0.2, 0.25) is 15.9 Å². The largest absolute Gasteiger partial charge is 0.326 e. The van der Waals surface area contributed by atoms with E-state index < -0.39 is 10.0 Å². The van der Waals surface area contributed by atoms with Gasteiger partial charge < -0.3 is 5.32 Å². The maximum atomic E-state index is 12.7. The number of benzene rings is 1. The van der Waals surface area contributed by atoms with Gasteiger partial charge in [-0.05, 0) is 64.7 Å². The molecule has 3 rings (SSSR count). The molecule has 2 heterocycles. The van der Waals surface area contributed by atoms with Crippen molar-refractivity contribution in [2.45, 2.75) is 25.3 Å². The number of hydrogen-bond acceptors (Lipinski definition) is 5. The summed E-state index contributed by atoms with van der Waals surface area (Å²) in [6.45, 7) is 3.23. The van der Waals surface area contributed by atoms with Crippen LogP contribution < -0.4 is 10.0 Å². The average Bonchev–Trinajstić information content (AvgIpc) is 3.14. The lowest BCUT2D eigenvalue weighted by Gasteiger charge is -2.11. The van der Waals surface area contributed by atoms with E-state index in [1.54, 1.807) is 42.8 Å². The number of sulfonamides is 1. The molecule has 0 bridgehead atoms. The van der Waals surface area contributed by atoms with Gasteiger partial charge in [-0.3, -0.25) is 9.78 Å². The number of amides is 1. The lowest BCUT2D eigenvalue weighted by atomic mass is 10.1. The fourth-order valence-corrected chi connectivity index (χ4v) is 4.57. The number of nitrogens with zero attached hydrogens (tertiary/aromatic N) is 1. The second-order valence-electron chi connectivity index (χ2n) is 6.08. The Morgan fingerprint density at radius 1 is 1.15 bits per heavy atom. The van der Waals surface area contributed by atoms with Crippen molar-refractivity contribution in [2.75, 3.05) is 5.32 Å². The first-order valence-electron chi connectivity index (χ1n) is 8.19. The van der Waals surface area contributed by atoms with Gasteiger partial charge in [0.05, 0.1) is 4.90 Å². The number of thiophene rings is 1. The van der Waals surface area contributed by atoms with E-state index in [0.717, 1.165) is 16.7 Å². The predicted molar refractivity (Wildman–Crippen MR) is 107 cm³/mol. The van der Waals surface area contributed by atoms with E-state index in [0.29, 0.717) is 11.3 Å². The number of anilines is 1. The summed E-state index contributed by atoms with van der Waals surface area (Å²) in [5.74, 6) is -0.207. The van der Waals surface area contributed by atoms with Gasteiger partial charge in [-0.15, -0.1) is 0 Å². The number of carbonyl (C=O) groups excluding carboxylic acids is 1. The number of rotatable bonds is 6. The van der Waals surface area contributed by atoms with E-state index in [2.05, 4.69) is 15.0 Å². The molecule has 27 heavy (non-hydrogen) atoms. The van der Waals surface area contributed by atoms with Crippen molar-refractivity contribution in [1.29, 1.82) is 0 Å². The number of pyridine rings is 1. The van der Waals surface area contributed by atoms with Crippen molar-refractivity contribution in [3.8, 4) is 11.1 Å². The smallest absolute Gasteiger partial charge is 0.241 e. The second kappa shape index (κ2) is 7.99. The Morgan fingerprint density at radius 2 is 1.96 bits per heavy atom. The molecule has 0 saturated carbocycles. The zero-order chi connectivity index (χ0) is 19.4. The zero-order valence-corrected chi connectivity index (χ0v) is 16.5. The summed E-state index contributed by atoms with van der Waals surface area (Å²) in [5, 5.41) is 6.64. The van der Waals surface area contributed by atoms with Crippen molar-refractivity contribution in [2.24, 2.45) is 0 Å². The standard InChI is InChI=1S/C19H19N3O3S2/c1-13-7-18(22-14(2)23)3-4-19(13)27(24,25)21-10-15-8-17(11-20-9-15)16-5-6-26-12-16/h3-9,11-12,21H,10H2,1-2H3,(H,22,23). The summed E-state index contributed by atoms with van der Waals surface area (Å²) >= 11 is 1.60. The van der Waals surface area contributed by atoms with Gasteiger partial charge in [-0.1, -0.05) is 0 Å². The van der Waals surface area contributed by atoms with E-state index in [-0.39, 0.29) is 17.3 Å². The highest BCUT2D eigenvalue weighted by Crippen LogP contribution is 2.23. The van der Waals surface area contributed by atoms with Crippen molar-refractivity contribution in [1.82, 2.24) is 9.71 Å². The summed E-state index contributed by atoms with van der Waals surface area (Å²) in [6.07, 6.45) is 3.40. The van der Waals surface area contributed by atoms with Gasteiger partial charge in [0.25, 0.3) is 0 Å². The monoisotopic (exact) mass is 401 g/mol. The van der Waals surface area contributed by atoms with Crippen LogP contribution in [0.25, 0.3) is 11.1 Å². The van der Waals surface area contributed by atoms with Crippen LogP contribution in [0.3, 0.4) is 0 Å². The van der Waals surface area contributed by atoms with Gasteiger partial charge in [0.1, 0.15) is 0 Å². The summed E-state index contributed by atoms with van der Waals surface area (Å²) in [4.78, 5) is 15.5. The van der Waals surface area contributed by atoms with E-state index in [9.17, 15) is 13.2 Å². The van der Waals surface area contributed by atoms with E-state index in [1.165, 1.54) is 13.0 Å². The van der Waals surface area contributed by atoms with E-state index >= 15 is 0 Å². The van der Waals surface area contributed by atoms with Gasteiger partial charge in [-0.25, -0.2) is 13.1 Å². The second-order valence-corrected chi connectivity index (χ2v) is 8.60. The highest BCUT2D eigenvalue weighted by Gasteiger charge is 2.17. The Labute approximate surface area is 162 Å². The minimum atomic E-state index is -3.69. The third kappa shape index (κ3) is 4.79. The minimum absolute atomic E-state index is 0.139. The van der Waals surface area contributed by atoms with Gasteiger partial charge in [0, 0.05) is 37.1 Å². The molecule has 140 valence electrons. The molecular weight excluding hydrogens is 382 g/mol. The van der Waals surface area contributed by atoms with Gasteiger partial charge >= 0.3 is 0 Å². The van der Waals surface area contributed by atoms with E-state index in [1.807, 2.05) is 22.9 Å². The third-order valence-electron chi connectivity index (χ3n) is 3.90. The van der Waals surface area contributed by atoms with Crippen LogP contribution in [-0.2, 0) is 21.4 Å². The number of hydrogen-bond donors (Lipinski definition) is 2. The Morgan fingerprint density at radius 3 is 2.63 bits per heavy atom. The van der Waals surface area contributed by atoms with Crippen LogP contribution in [0.1, 0.15) is 18.1 Å². The van der Waals surface area contributed by atoms with Crippen LogP contribution in [-0.4, -0.2) is 19.3 Å². The Hall–Kier alpha value is -2.55. The van der Waals surface area contributed by atoms with Crippen LogP contribution in [0.15, 0.2) is 58.4 Å². The molecule has 6 nitrogen and oxygen atoms in total. The molecule has 2 aromatic heterocycles. The normalized spacial score (nSPS) is 11.3. The molecule has 2 N–H and O–H groups in total. The molecule has 3 aromatic rings. The summed E-state index contributed by atoms with van der Waals surface area (Å²) < 4.78 is 27.9. The minimum Gasteiger partial charge on any atom is -0.326 e. The fraction of sp³-hybridized carbons (Fsp3) is 0.158. The van der Waals surface area contributed by atoms with Crippen LogP contribution in [0.5, 0.6) is 0 Å². The van der Waals surface area contributed by atoms with Crippen LogP contribution in [0.4, 0.5) is 5.69 Å². The summed E-state index contributed by atoms with van der Waals surface area (Å²) in [7, 11) is -3.69. The van der Waals surface area contributed by atoms with Crippen molar-refractivity contribution in [3.63, 3.8) is 0 Å². The first kappa shape index (κ1) is 19.2. The first-order valence-corrected chi connectivity index (χ1v) is 10.6. The molecule has 1 amide bonds. The molecule has 0 fully saturated rings. The zero-order valence-electron chi connectivity index (χ0n) is 14.9. The van der Waals surface area contributed by atoms with Crippen molar-refractivity contribution in [3.05, 3.63) is 64.6 Å². The third-order valence-corrected chi connectivity index (χ3v) is 6.15. The van der Waals surface area contributed by atoms with Gasteiger partial charge in [0.15, 0.2) is 0 Å². The summed E-state index contributed by atoms with van der Waals surface area (Å²) in [5.41, 5.74) is 3.89. The first-order chi connectivity index (χ1) is 12.8. The topological polar surface area (TPSA) is 88.2 Å². The number of aromatic nitrogens is 1. The predicted octanol–water partition coefficient (Wildman–Crippen LogP) is 3.56. The highest BCUT2D eigenvalue weighted by molar-refractivity contribution is 7.89. The molecule has 0 atom stereocenters. The number of nitrogens with one attached hydrogen (secondary N) is 2. The molecule has 0 aliphatic carbocycles. The molecule has 0 aliphatic rings. The lowest BCUT2D eigenvalue weighted by Crippen LogP contribution is -2.24. The molecule has 1 aromatic carbocycles. The number of carbonyl (C=O) groups is 1. The van der Waals surface area contributed by atoms with E-state index in [4.69, 9.17) is 0 Å². The fourth-order valence-electron chi connectivity index (χ4n) is 2.66. The van der Waals surface area contributed by atoms with Crippen LogP contribution >= 0.6 is 11.3 Å². The van der Waals surface area contributed by atoms with Crippen LogP contribution in [0.2, 0.25) is 0 Å². The van der Waals surface area contributed by atoms with Crippen molar-refractivity contribution < 1.29 is 13.2 Å². The highest BCUT2D eigenvalue weighted by atomic mass is 32.2. The SMILES string of the molecule is CC(=O)Nc1ccc(S(=O)(=O)NCc2cncc(-c3ccsc3)c2)c(C)c1. The Bertz CT molecular complexity index is 1060. The molecule has 0 spiro atoms. The average molecular weight is 402 g/mol. The lowest BCUT2D eigenvalue weighted by molar-refractivity contribution is -0.114. The molecule has 8 heteroatoms. The quantitative estimate of drug-likeness (QED) is 0.661. The molecule has 0 saturated heterocycles. The maximum absolute atomic E-state index is 12.7. The van der Waals surface area contributed by atoms with Gasteiger partial charge in [-0.2, -0.15) is 11.3 Å². The summed E-state index contributed by atoms with van der Waals surface area (Å²) in [6, 6.07) is 8.61. The maximum Gasteiger partial charge on any atom is 0.241 e. The van der Waals surface area contributed by atoms with Crippen molar-refractivity contribution >= 4 is 33.0 Å². The number of aryl methyl sites for hydroxylation is 1. The van der Waals surface area contributed by atoms with Crippen LogP contribution in [0, 0.1) is 6.92 Å². The molecule has 0 aliphatic heterocycles. The molecule has 0 unspecified atom stereocenters. The Balaban J connectivity index is 1.76. The molecular formula is C19H19N3O3S2. The molecule has 0 radical (unpaired) electrons.